The second kappa shape index (κ2) is 7.20. The maximum atomic E-state index is 9.77. The molecule has 3 nitrogen and oxygen atoms in total. The summed E-state index contributed by atoms with van der Waals surface area (Å²) >= 11 is 7.09. The molecular weight excluding hydrogens is 408 g/mol. The van der Waals surface area contributed by atoms with Crippen LogP contribution in [-0.4, -0.2) is 27.7 Å². The summed E-state index contributed by atoms with van der Waals surface area (Å²) in [5.41, 5.74) is 8.28. The third kappa shape index (κ3) is 4.47. The Morgan fingerprint density at radius 1 is 1.18 bits per heavy atom. The maximum Gasteiger partial charge on any atom is 0.0541 e. The van der Waals surface area contributed by atoms with Gasteiger partial charge in [0.2, 0.25) is 0 Å². The van der Waals surface area contributed by atoms with Crippen LogP contribution >= 0.6 is 31.9 Å². The van der Waals surface area contributed by atoms with Gasteiger partial charge in [-0.1, -0.05) is 15.9 Å². The maximum absolute atomic E-state index is 9.77. The number of nitrogens with two attached hydrogens (primary N) is 1. The lowest BCUT2D eigenvalue weighted by molar-refractivity contribution is 0.0209. The average molecular weight is 434 g/mol. The van der Waals surface area contributed by atoms with E-state index in [1.54, 1.807) is 0 Å². The molecule has 1 saturated carbocycles. The molecule has 2 rings (SSSR count). The Labute approximate surface area is 150 Å². The van der Waals surface area contributed by atoms with Crippen molar-refractivity contribution < 1.29 is 5.11 Å². The fourth-order valence-corrected chi connectivity index (χ4v) is 4.55. The van der Waals surface area contributed by atoms with Crippen molar-refractivity contribution in [3.63, 3.8) is 0 Å². The second-order valence-corrected chi connectivity index (χ2v) is 8.99. The van der Waals surface area contributed by atoms with E-state index in [2.05, 4.69) is 63.6 Å². The molecule has 1 fully saturated rings. The van der Waals surface area contributed by atoms with Gasteiger partial charge in [-0.2, -0.15) is 0 Å². The molecule has 124 valence electrons. The van der Waals surface area contributed by atoms with Crippen LogP contribution in [0.1, 0.15) is 52.0 Å². The van der Waals surface area contributed by atoms with Gasteiger partial charge in [0.25, 0.3) is 0 Å². The topological polar surface area (TPSA) is 49.5 Å². The molecule has 1 aliphatic rings. The van der Waals surface area contributed by atoms with Crippen molar-refractivity contribution in [3.05, 3.63) is 26.6 Å². The van der Waals surface area contributed by atoms with Crippen molar-refractivity contribution in [1.29, 1.82) is 0 Å². The predicted molar refractivity (Wildman–Crippen MR) is 99.8 cm³/mol. The number of hydrogen-bond acceptors (Lipinski definition) is 3. The largest absolute Gasteiger partial charge is 0.398 e. The van der Waals surface area contributed by atoms with Gasteiger partial charge in [-0.05, 0) is 80.1 Å². The lowest BCUT2D eigenvalue weighted by Gasteiger charge is -2.44. The minimum atomic E-state index is -0.122. The molecule has 22 heavy (non-hydrogen) atoms. The zero-order chi connectivity index (χ0) is 16.5. The summed E-state index contributed by atoms with van der Waals surface area (Å²) in [5.74, 6) is 0. The third-order valence-electron chi connectivity index (χ3n) is 4.49. The quantitative estimate of drug-likeness (QED) is 0.679. The predicted octanol–water partition coefficient (Wildman–Crippen LogP) is 4.70. The summed E-state index contributed by atoms with van der Waals surface area (Å²) in [5, 5.41) is 9.77. The van der Waals surface area contributed by atoms with Crippen LogP contribution in [0.5, 0.6) is 0 Å². The van der Waals surface area contributed by atoms with Crippen molar-refractivity contribution in [2.75, 3.05) is 5.73 Å². The summed E-state index contributed by atoms with van der Waals surface area (Å²) in [4.78, 5) is 2.53. The van der Waals surface area contributed by atoms with Crippen LogP contribution < -0.4 is 5.73 Å². The van der Waals surface area contributed by atoms with Crippen molar-refractivity contribution in [2.24, 2.45) is 0 Å². The Bertz CT molecular complexity index is 520. The Balaban J connectivity index is 2.24. The first kappa shape index (κ1) is 18.2. The highest BCUT2D eigenvalue weighted by molar-refractivity contribution is 9.11. The molecule has 0 saturated heterocycles. The minimum absolute atomic E-state index is 0.0637. The second-order valence-electron chi connectivity index (χ2n) is 7.22. The molecule has 0 unspecified atom stereocenters. The Hall–Kier alpha value is -0.100. The molecule has 3 N–H and O–H groups in total. The van der Waals surface area contributed by atoms with Crippen LogP contribution in [0.4, 0.5) is 5.69 Å². The van der Waals surface area contributed by atoms with Gasteiger partial charge < -0.3 is 10.8 Å². The van der Waals surface area contributed by atoms with E-state index in [0.717, 1.165) is 52.4 Å². The standard InChI is InChI=1S/C17H26Br2N2O/c1-17(2,3)21(13-4-6-14(22)7-5-13)10-11-8-12(18)9-15(19)16(11)20/h8-9,13-14,22H,4-7,10,20H2,1-3H3/t13-,14-. The normalized spacial score (nSPS) is 23.0. The zero-order valence-electron chi connectivity index (χ0n) is 13.6. The fourth-order valence-electron chi connectivity index (χ4n) is 3.24. The van der Waals surface area contributed by atoms with E-state index in [4.69, 9.17) is 5.73 Å². The molecule has 0 radical (unpaired) electrons. The van der Waals surface area contributed by atoms with E-state index in [-0.39, 0.29) is 11.6 Å². The number of nitrogen functional groups attached to an aromatic ring is 1. The third-order valence-corrected chi connectivity index (χ3v) is 5.60. The summed E-state index contributed by atoms with van der Waals surface area (Å²) in [6.45, 7) is 7.58. The van der Waals surface area contributed by atoms with E-state index in [1.807, 2.05) is 6.07 Å². The number of nitrogens with zero attached hydrogens (tertiary/aromatic N) is 1. The van der Waals surface area contributed by atoms with Gasteiger partial charge in [0, 0.05) is 27.1 Å². The van der Waals surface area contributed by atoms with Gasteiger partial charge in [-0.15, -0.1) is 0 Å². The number of halogens is 2. The lowest BCUT2D eigenvalue weighted by atomic mass is 9.88. The SMILES string of the molecule is CC(C)(C)N(Cc1cc(Br)cc(Br)c1N)[C@H]1CC[C@H](O)CC1. The molecule has 0 heterocycles. The zero-order valence-corrected chi connectivity index (χ0v) is 16.7. The summed E-state index contributed by atoms with van der Waals surface area (Å²) in [7, 11) is 0. The summed E-state index contributed by atoms with van der Waals surface area (Å²) in [6, 6.07) is 4.59. The number of rotatable bonds is 3. The Kier molecular flexibility index (Phi) is 5.97. The number of anilines is 1. The Morgan fingerprint density at radius 2 is 1.77 bits per heavy atom. The van der Waals surface area contributed by atoms with Crippen molar-refractivity contribution in [2.45, 2.75) is 70.7 Å². The van der Waals surface area contributed by atoms with E-state index in [1.165, 1.54) is 0 Å². The molecule has 0 atom stereocenters. The highest BCUT2D eigenvalue weighted by Crippen LogP contribution is 2.34. The van der Waals surface area contributed by atoms with Crippen LogP contribution in [0, 0.1) is 0 Å². The monoisotopic (exact) mass is 432 g/mol. The molecule has 1 aromatic rings. The van der Waals surface area contributed by atoms with E-state index >= 15 is 0 Å². The number of benzene rings is 1. The van der Waals surface area contributed by atoms with Crippen LogP contribution in [0.25, 0.3) is 0 Å². The first-order valence-electron chi connectivity index (χ1n) is 7.86. The highest BCUT2D eigenvalue weighted by Gasteiger charge is 2.32. The van der Waals surface area contributed by atoms with Gasteiger partial charge >= 0.3 is 0 Å². The molecule has 1 aliphatic carbocycles. The first-order valence-corrected chi connectivity index (χ1v) is 9.45. The van der Waals surface area contributed by atoms with Gasteiger partial charge in [-0.25, -0.2) is 0 Å². The lowest BCUT2D eigenvalue weighted by Crippen LogP contribution is -2.49. The molecular formula is C17H26Br2N2O. The number of hydrogen-bond donors (Lipinski definition) is 2. The number of aliphatic hydroxyl groups is 1. The minimum Gasteiger partial charge on any atom is -0.398 e. The molecule has 1 aromatic carbocycles. The summed E-state index contributed by atoms with van der Waals surface area (Å²) in [6.07, 6.45) is 3.77. The van der Waals surface area contributed by atoms with Gasteiger partial charge in [0.1, 0.15) is 0 Å². The van der Waals surface area contributed by atoms with Gasteiger partial charge in [0.05, 0.1) is 11.8 Å². The van der Waals surface area contributed by atoms with Crippen LogP contribution in [0.2, 0.25) is 0 Å². The van der Waals surface area contributed by atoms with Crippen LogP contribution in [0.15, 0.2) is 21.1 Å². The van der Waals surface area contributed by atoms with E-state index < -0.39 is 0 Å². The number of aliphatic hydroxyl groups excluding tert-OH is 1. The first-order chi connectivity index (χ1) is 10.2. The van der Waals surface area contributed by atoms with Crippen molar-refractivity contribution in [1.82, 2.24) is 4.90 Å². The molecule has 0 aromatic heterocycles. The molecule has 0 aliphatic heterocycles. The van der Waals surface area contributed by atoms with E-state index in [9.17, 15) is 5.11 Å². The van der Waals surface area contributed by atoms with Gasteiger partial charge in [0.15, 0.2) is 0 Å². The Morgan fingerprint density at radius 3 is 2.32 bits per heavy atom. The molecule has 5 heteroatoms. The highest BCUT2D eigenvalue weighted by atomic mass is 79.9. The van der Waals surface area contributed by atoms with Crippen LogP contribution in [0.3, 0.4) is 0 Å². The molecule has 0 amide bonds. The average Bonchev–Trinajstić information content (AvgIpc) is 2.41. The van der Waals surface area contributed by atoms with Crippen molar-refractivity contribution >= 4 is 37.5 Å². The molecule has 0 bridgehead atoms. The molecule has 0 spiro atoms. The smallest absolute Gasteiger partial charge is 0.0541 e. The van der Waals surface area contributed by atoms with Gasteiger partial charge in [-0.3, -0.25) is 4.90 Å². The summed E-state index contributed by atoms with van der Waals surface area (Å²) < 4.78 is 1.97. The van der Waals surface area contributed by atoms with Crippen LogP contribution in [-0.2, 0) is 6.54 Å². The van der Waals surface area contributed by atoms with E-state index in [0.29, 0.717) is 6.04 Å². The fraction of sp³-hybridized carbons (Fsp3) is 0.647. The van der Waals surface area contributed by atoms with Crippen molar-refractivity contribution in [3.8, 4) is 0 Å².